The highest BCUT2D eigenvalue weighted by atomic mass is 14.4. The molecule has 0 saturated carbocycles. The first-order chi connectivity index (χ1) is 7.21. The van der Waals surface area contributed by atoms with Gasteiger partial charge in [0.25, 0.3) is 0 Å². The third-order valence-corrected chi connectivity index (χ3v) is 3.49. The number of hydrogen-bond acceptors (Lipinski definition) is 0. The zero-order chi connectivity index (χ0) is 10.5. The summed E-state index contributed by atoms with van der Waals surface area (Å²) in [4.78, 5) is 0. The third kappa shape index (κ3) is 3.75. The van der Waals surface area contributed by atoms with Crippen molar-refractivity contribution in [1.82, 2.24) is 0 Å². The van der Waals surface area contributed by atoms with Gasteiger partial charge in [0.15, 0.2) is 0 Å². The summed E-state index contributed by atoms with van der Waals surface area (Å²) in [5.74, 6) is 0. The second-order valence-electron chi connectivity index (χ2n) is 4.72. The van der Waals surface area contributed by atoms with E-state index in [9.17, 15) is 0 Å². The molecule has 0 fully saturated rings. The molecule has 0 unspecified atom stereocenters. The van der Waals surface area contributed by atoms with Crippen molar-refractivity contribution >= 4 is 0 Å². The molecule has 0 radical (unpaired) electrons. The zero-order valence-electron chi connectivity index (χ0n) is 9.12. The zero-order valence-corrected chi connectivity index (χ0v) is 9.12. The predicted octanol–water partition coefficient (Wildman–Crippen LogP) is 7.81. The van der Waals surface area contributed by atoms with Gasteiger partial charge in [0.2, 0.25) is 0 Å². The SMILES string of the molecule is C.C.C.C.C.C.CC1(C)c2ccccc2-c2ccccc21. The lowest BCUT2D eigenvalue weighted by Crippen LogP contribution is -2.14. The molecule has 2 aromatic carbocycles. The minimum atomic E-state index is 0. The van der Waals surface area contributed by atoms with Crippen LogP contribution in [-0.4, -0.2) is 0 Å². The van der Waals surface area contributed by atoms with Crippen LogP contribution < -0.4 is 0 Å². The summed E-state index contributed by atoms with van der Waals surface area (Å²) in [6, 6.07) is 17.4. The Bertz CT molecular complexity index is 474. The Morgan fingerprint density at radius 1 is 0.524 bits per heavy atom. The van der Waals surface area contributed by atoms with Crippen molar-refractivity contribution < 1.29 is 0 Å². The number of fused-ring (bicyclic) bond motifs is 3. The second kappa shape index (κ2) is 9.39. The molecular formula is C21H38. The van der Waals surface area contributed by atoms with E-state index in [0.29, 0.717) is 0 Å². The second-order valence-corrected chi connectivity index (χ2v) is 4.72. The minimum Gasteiger partial charge on any atom is -0.0776 e. The van der Waals surface area contributed by atoms with Gasteiger partial charge in [0, 0.05) is 5.41 Å². The first-order valence-electron chi connectivity index (χ1n) is 5.40. The minimum absolute atomic E-state index is 0. The van der Waals surface area contributed by atoms with Crippen LogP contribution in [0.5, 0.6) is 0 Å². The van der Waals surface area contributed by atoms with Crippen LogP contribution in [0.25, 0.3) is 11.1 Å². The summed E-state index contributed by atoms with van der Waals surface area (Å²) in [7, 11) is 0. The molecule has 0 N–H and O–H groups in total. The lowest BCUT2D eigenvalue weighted by molar-refractivity contribution is 0.660. The van der Waals surface area contributed by atoms with Crippen molar-refractivity contribution in [2.24, 2.45) is 0 Å². The van der Waals surface area contributed by atoms with Crippen molar-refractivity contribution in [2.75, 3.05) is 0 Å². The Morgan fingerprint density at radius 2 is 0.810 bits per heavy atom. The van der Waals surface area contributed by atoms with E-state index in [2.05, 4.69) is 62.4 Å². The maximum atomic E-state index is 2.30. The standard InChI is InChI=1S/C15H14.6CH4/c1-15(2)13-9-5-3-7-11(13)12-8-4-6-10-14(12)15;;;;;;/h3-10H,1-2H3;6*1H4. The van der Waals surface area contributed by atoms with Crippen LogP contribution in [0.15, 0.2) is 48.5 Å². The fraction of sp³-hybridized carbons (Fsp3) is 0.429. The number of hydrogen-bond donors (Lipinski definition) is 0. The van der Waals surface area contributed by atoms with Gasteiger partial charge in [-0.1, -0.05) is 107 Å². The Morgan fingerprint density at radius 3 is 1.14 bits per heavy atom. The van der Waals surface area contributed by atoms with Crippen molar-refractivity contribution in [3.05, 3.63) is 59.7 Å². The summed E-state index contributed by atoms with van der Waals surface area (Å²) in [6.07, 6.45) is 0. The highest BCUT2D eigenvalue weighted by Crippen LogP contribution is 2.47. The average Bonchev–Trinajstić information content (AvgIpc) is 2.51. The van der Waals surface area contributed by atoms with Crippen LogP contribution in [0.1, 0.15) is 69.5 Å². The van der Waals surface area contributed by atoms with Gasteiger partial charge in [-0.05, 0) is 22.3 Å². The highest BCUT2D eigenvalue weighted by Gasteiger charge is 2.34. The van der Waals surface area contributed by atoms with Crippen molar-refractivity contribution in [3.8, 4) is 11.1 Å². The van der Waals surface area contributed by atoms with Gasteiger partial charge in [0.1, 0.15) is 0 Å². The molecule has 0 heteroatoms. The third-order valence-electron chi connectivity index (χ3n) is 3.49. The molecule has 1 aliphatic carbocycles. The molecule has 0 saturated heterocycles. The lowest BCUT2D eigenvalue weighted by atomic mass is 9.82. The van der Waals surface area contributed by atoms with Crippen LogP contribution in [-0.2, 0) is 5.41 Å². The fourth-order valence-corrected chi connectivity index (χ4v) is 2.67. The van der Waals surface area contributed by atoms with E-state index < -0.39 is 0 Å². The van der Waals surface area contributed by atoms with E-state index >= 15 is 0 Å². The van der Waals surface area contributed by atoms with E-state index in [-0.39, 0.29) is 50.0 Å². The van der Waals surface area contributed by atoms with E-state index in [0.717, 1.165) is 0 Å². The molecule has 0 aromatic heterocycles. The largest absolute Gasteiger partial charge is 0.0776 e. The summed E-state index contributed by atoms with van der Waals surface area (Å²) in [6.45, 7) is 4.61. The van der Waals surface area contributed by atoms with Gasteiger partial charge in [-0.15, -0.1) is 0 Å². The maximum absolute atomic E-state index is 2.30. The van der Waals surface area contributed by atoms with Crippen LogP contribution in [0, 0.1) is 0 Å². The summed E-state index contributed by atoms with van der Waals surface area (Å²) < 4.78 is 0. The van der Waals surface area contributed by atoms with E-state index in [1.807, 2.05) is 0 Å². The first-order valence-corrected chi connectivity index (χ1v) is 5.40. The predicted molar refractivity (Wildman–Crippen MR) is 104 cm³/mol. The van der Waals surface area contributed by atoms with Crippen LogP contribution in [0.3, 0.4) is 0 Å². The van der Waals surface area contributed by atoms with Gasteiger partial charge in [-0.2, -0.15) is 0 Å². The molecule has 122 valence electrons. The molecule has 21 heavy (non-hydrogen) atoms. The molecule has 3 rings (SSSR count). The van der Waals surface area contributed by atoms with Crippen LogP contribution in [0.2, 0.25) is 0 Å². The van der Waals surface area contributed by atoms with E-state index in [1.54, 1.807) is 0 Å². The molecule has 0 aliphatic heterocycles. The summed E-state index contributed by atoms with van der Waals surface area (Å²) in [5, 5.41) is 0. The van der Waals surface area contributed by atoms with Crippen molar-refractivity contribution in [2.45, 2.75) is 63.8 Å². The molecule has 0 spiro atoms. The molecule has 2 aromatic rings. The van der Waals surface area contributed by atoms with Gasteiger partial charge < -0.3 is 0 Å². The van der Waals surface area contributed by atoms with Gasteiger partial charge in [-0.3, -0.25) is 0 Å². The number of benzene rings is 2. The fourth-order valence-electron chi connectivity index (χ4n) is 2.67. The van der Waals surface area contributed by atoms with Gasteiger partial charge in [0.05, 0.1) is 0 Å². The summed E-state index contributed by atoms with van der Waals surface area (Å²) in [5.41, 5.74) is 5.86. The molecule has 0 bridgehead atoms. The molecular weight excluding hydrogens is 252 g/mol. The Hall–Kier alpha value is -1.56. The lowest BCUT2D eigenvalue weighted by Gasteiger charge is -2.20. The average molecular weight is 291 g/mol. The van der Waals surface area contributed by atoms with Crippen molar-refractivity contribution in [1.29, 1.82) is 0 Å². The van der Waals surface area contributed by atoms with E-state index in [1.165, 1.54) is 22.3 Å². The molecule has 0 nitrogen and oxygen atoms in total. The molecule has 1 aliphatic rings. The highest BCUT2D eigenvalue weighted by molar-refractivity contribution is 5.80. The quantitative estimate of drug-likeness (QED) is 0.464. The Balaban J connectivity index is -0.000000241. The van der Waals surface area contributed by atoms with Crippen molar-refractivity contribution in [3.63, 3.8) is 0 Å². The maximum Gasteiger partial charge on any atom is 0.0158 e. The normalized spacial score (nSPS) is 11.3. The molecule has 0 heterocycles. The van der Waals surface area contributed by atoms with E-state index in [4.69, 9.17) is 0 Å². The molecule has 0 amide bonds. The topological polar surface area (TPSA) is 0 Å². The Kier molecular flexibility index (Phi) is 12.4. The first kappa shape index (κ1) is 27.7. The van der Waals surface area contributed by atoms with Crippen LogP contribution in [0.4, 0.5) is 0 Å². The number of rotatable bonds is 0. The van der Waals surface area contributed by atoms with Gasteiger partial charge in [-0.25, -0.2) is 0 Å². The smallest absolute Gasteiger partial charge is 0.0158 e. The summed E-state index contributed by atoms with van der Waals surface area (Å²) >= 11 is 0. The molecule has 0 atom stereocenters. The van der Waals surface area contributed by atoms with Crippen LogP contribution >= 0.6 is 0 Å². The van der Waals surface area contributed by atoms with Gasteiger partial charge >= 0.3 is 0 Å². The Labute approximate surface area is 135 Å². The monoisotopic (exact) mass is 290 g/mol.